The third kappa shape index (κ3) is 3.41. The van der Waals surface area contributed by atoms with Gasteiger partial charge in [0.15, 0.2) is 6.23 Å². The molecule has 29 heavy (non-hydrogen) atoms. The quantitative estimate of drug-likeness (QED) is 0.467. The minimum atomic E-state index is -0.0482. The van der Waals surface area contributed by atoms with Crippen LogP contribution in [-0.4, -0.2) is 26.6 Å². The normalized spacial score (nSPS) is 16.9. The summed E-state index contributed by atoms with van der Waals surface area (Å²) in [5.41, 5.74) is 8.78. The minimum absolute atomic E-state index is 0.0482. The summed E-state index contributed by atoms with van der Waals surface area (Å²) in [5, 5.41) is 17.1. The van der Waals surface area contributed by atoms with Gasteiger partial charge in [-0.15, -0.1) is 5.10 Å². The average molecular weight is 411 g/mol. The molecular weight excluding hydrogens is 392 g/mol. The molecule has 1 atom stereocenters. The lowest BCUT2D eigenvalue weighted by Gasteiger charge is -2.23. The second-order valence-corrected chi connectivity index (χ2v) is 7.31. The Hall–Kier alpha value is -3.10. The molecule has 0 amide bonds. The smallest absolute Gasteiger partial charge is 0.320 e. The van der Waals surface area contributed by atoms with E-state index in [1.165, 1.54) is 0 Å². The zero-order valence-electron chi connectivity index (χ0n) is 15.5. The van der Waals surface area contributed by atoms with Crippen LogP contribution in [0.15, 0.2) is 47.0 Å². The maximum absolute atomic E-state index is 6.63. The monoisotopic (exact) mass is 410 g/mol. The van der Waals surface area contributed by atoms with Crippen LogP contribution in [0.5, 0.6) is 0 Å². The fraction of sp³-hybridized carbons (Fsp3) is 0.250. The van der Waals surface area contributed by atoms with Crippen molar-refractivity contribution in [2.45, 2.75) is 25.5 Å². The Bertz CT molecular complexity index is 1160. The van der Waals surface area contributed by atoms with E-state index in [1.54, 1.807) is 18.3 Å². The first-order valence-corrected chi connectivity index (χ1v) is 9.80. The van der Waals surface area contributed by atoms with E-state index in [2.05, 4.69) is 20.6 Å². The molecule has 1 fully saturated rings. The standard InChI is InChI=1S/C20H19ClN6O2/c21-18-14-11-23-27(17-6-1-2-9-28-17)16(14)8-7-15(18)24-20-26-25-19(29-20)12-4-3-5-13(22)10-12/h3-5,7-8,10-11,17H,1-2,6,9,22H2,(H,24,26). The number of nitrogens with zero attached hydrogens (tertiary/aromatic N) is 4. The lowest BCUT2D eigenvalue weighted by atomic mass is 10.2. The Kier molecular flexibility index (Phi) is 4.57. The molecule has 9 heteroatoms. The van der Waals surface area contributed by atoms with Crippen molar-refractivity contribution in [1.82, 2.24) is 20.0 Å². The maximum atomic E-state index is 6.63. The van der Waals surface area contributed by atoms with Gasteiger partial charge in [0.25, 0.3) is 0 Å². The lowest BCUT2D eigenvalue weighted by molar-refractivity contribution is -0.0366. The molecule has 0 bridgehead atoms. The number of nitrogen functional groups attached to an aromatic ring is 1. The van der Waals surface area contributed by atoms with Crippen molar-refractivity contribution in [1.29, 1.82) is 0 Å². The molecule has 1 unspecified atom stereocenters. The van der Waals surface area contributed by atoms with E-state index >= 15 is 0 Å². The predicted octanol–water partition coefficient (Wildman–Crippen LogP) is 4.76. The van der Waals surface area contributed by atoms with E-state index in [4.69, 9.17) is 26.5 Å². The number of fused-ring (bicyclic) bond motifs is 1. The van der Waals surface area contributed by atoms with Gasteiger partial charge in [-0.25, -0.2) is 4.68 Å². The topological polar surface area (TPSA) is 104 Å². The number of benzene rings is 2. The van der Waals surface area contributed by atoms with Crippen LogP contribution in [0.2, 0.25) is 5.02 Å². The summed E-state index contributed by atoms with van der Waals surface area (Å²) in [5.74, 6) is 0.374. The average Bonchev–Trinajstić information content (AvgIpc) is 3.38. The largest absolute Gasteiger partial charge is 0.403 e. The number of aromatic nitrogens is 4. The zero-order valence-corrected chi connectivity index (χ0v) is 16.3. The van der Waals surface area contributed by atoms with Gasteiger partial charge in [-0.1, -0.05) is 22.8 Å². The van der Waals surface area contributed by atoms with Crippen molar-refractivity contribution < 1.29 is 9.15 Å². The highest BCUT2D eigenvalue weighted by molar-refractivity contribution is 6.38. The summed E-state index contributed by atoms with van der Waals surface area (Å²) < 4.78 is 13.5. The van der Waals surface area contributed by atoms with Crippen molar-refractivity contribution in [2.75, 3.05) is 17.7 Å². The van der Waals surface area contributed by atoms with Crippen LogP contribution >= 0.6 is 11.6 Å². The van der Waals surface area contributed by atoms with Crippen molar-refractivity contribution >= 4 is 39.9 Å². The molecule has 4 aromatic rings. The second kappa shape index (κ2) is 7.38. The summed E-state index contributed by atoms with van der Waals surface area (Å²) in [6.07, 6.45) is 4.88. The van der Waals surface area contributed by atoms with Gasteiger partial charge < -0.3 is 20.2 Å². The van der Waals surface area contributed by atoms with Crippen molar-refractivity contribution in [2.24, 2.45) is 0 Å². The Morgan fingerprint density at radius 1 is 1.17 bits per heavy atom. The summed E-state index contributed by atoms with van der Waals surface area (Å²) >= 11 is 6.63. The van der Waals surface area contributed by atoms with Crippen LogP contribution in [0, 0.1) is 0 Å². The van der Waals surface area contributed by atoms with E-state index in [-0.39, 0.29) is 12.2 Å². The molecule has 0 spiro atoms. The number of halogens is 1. The van der Waals surface area contributed by atoms with Crippen molar-refractivity contribution in [3.63, 3.8) is 0 Å². The molecule has 1 saturated heterocycles. The van der Waals surface area contributed by atoms with Gasteiger partial charge in [-0.2, -0.15) is 5.10 Å². The van der Waals surface area contributed by atoms with Crippen LogP contribution in [0.25, 0.3) is 22.4 Å². The van der Waals surface area contributed by atoms with Gasteiger partial charge in [0, 0.05) is 23.2 Å². The fourth-order valence-electron chi connectivity index (χ4n) is 3.51. The van der Waals surface area contributed by atoms with E-state index < -0.39 is 0 Å². The first-order chi connectivity index (χ1) is 14.2. The molecular formula is C20H19ClN6O2. The highest BCUT2D eigenvalue weighted by Gasteiger charge is 2.20. The molecule has 0 aliphatic carbocycles. The SMILES string of the molecule is Nc1cccc(-c2nnc(Nc3ccc4c(cnn4C4CCCCO4)c3Cl)o2)c1. The summed E-state index contributed by atoms with van der Waals surface area (Å²) in [6.45, 7) is 0.756. The number of nitrogens with two attached hydrogens (primary N) is 1. The van der Waals surface area contributed by atoms with E-state index in [0.29, 0.717) is 22.3 Å². The molecule has 2 aromatic carbocycles. The first-order valence-electron chi connectivity index (χ1n) is 9.43. The molecule has 148 valence electrons. The third-order valence-electron chi connectivity index (χ3n) is 4.94. The Balaban J connectivity index is 1.42. The van der Waals surface area contributed by atoms with Crippen molar-refractivity contribution in [3.8, 4) is 11.5 Å². The van der Waals surface area contributed by atoms with Crippen LogP contribution in [0.1, 0.15) is 25.5 Å². The molecule has 5 rings (SSSR count). The van der Waals surface area contributed by atoms with Gasteiger partial charge in [0.1, 0.15) is 0 Å². The van der Waals surface area contributed by atoms with Crippen LogP contribution < -0.4 is 11.1 Å². The lowest BCUT2D eigenvalue weighted by Crippen LogP contribution is -2.18. The third-order valence-corrected chi connectivity index (χ3v) is 5.35. The van der Waals surface area contributed by atoms with Crippen LogP contribution in [-0.2, 0) is 4.74 Å². The van der Waals surface area contributed by atoms with E-state index in [1.807, 2.05) is 28.9 Å². The Morgan fingerprint density at radius 3 is 2.93 bits per heavy atom. The Labute approximate surface area is 171 Å². The summed E-state index contributed by atoms with van der Waals surface area (Å²) in [7, 11) is 0. The second-order valence-electron chi connectivity index (χ2n) is 6.93. The van der Waals surface area contributed by atoms with E-state index in [9.17, 15) is 0 Å². The first kappa shape index (κ1) is 18.0. The zero-order chi connectivity index (χ0) is 19.8. The number of hydrogen-bond acceptors (Lipinski definition) is 7. The van der Waals surface area contributed by atoms with Crippen LogP contribution in [0.4, 0.5) is 17.4 Å². The van der Waals surface area contributed by atoms with Gasteiger partial charge in [0.05, 0.1) is 22.4 Å². The van der Waals surface area contributed by atoms with Gasteiger partial charge in [-0.05, 0) is 49.6 Å². The van der Waals surface area contributed by atoms with Gasteiger partial charge in [0.2, 0.25) is 5.89 Å². The molecule has 3 N–H and O–H groups in total. The van der Waals surface area contributed by atoms with Gasteiger partial charge in [-0.3, -0.25) is 0 Å². The summed E-state index contributed by atoms with van der Waals surface area (Å²) in [4.78, 5) is 0. The van der Waals surface area contributed by atoms with Crippen molar-refractivity contribution in [3.05, 3.63) is 47.6 Å². The Morgan fingerprint density at radius 2 is 2.10 bits per heavy atom. The van der Waals surface area contributed by atoms with Crippen LogP contribution in [0.3, 0.4) is 0 Å². The number of ether oxygens (including phenoxy) is 1. The highest BCUT2D eigenvalue weighted by atomic mass is 35.5. The van der Waals surface area contributed by atoms with E-state index in [0.717, 1.165) is 42.3 Å². The molecule has 0 radical (unpaired) electrons. The van der Waals surface area contributed by atoms with Gasteiger partial charge >= 0.3 is 6.01 Å². The number of rotatable bonds is 4. The fourth-order valence-corrected chi connectivity index (χ4v) is 3.76. The summed E-state index contributed by atoms with van der Waals surface area (Å²) in [6, 6.07) is 11.3. The molecule has 1 aliphatic rings. The predicted molar refractivity (Wildman–Crippen MR) is 111 cm³/mol. The molecule has 2 aromatic heterocycles. The molecule has 1 aliphatic heterocycles. The molecule has 3 heterocycles. The number of nitrogens with one attached hydrogen (secondary N) is 1. The molecule has 8 nitrogen and oxygen atoms in total. The number of hydrogen-bond donors (Lipinski definition) is 2. The minimum Gasteiger partial charge on any atom is -0.403 e. The molecule has 0 saturated carbocycles. The number of anilines is 3. The maximum Gasteiger partial charge on any atom is 0.320 e. The highest BCUT2D eigenvalue weighted by Crippen LogP contribution is 2.35.